The smallest absolute Gasteiger partial charge is 0.0715 e. The highest BCUT2D eigenvalue weighted by Gasteiger charge is 2.22. The Kier molecular flexibility index (Phi) is 4.58. The zero-order valence-corrected chi connectivity index (χ0v) is 8.01. The Morgan fingerprint density at radius 1 is 1.42 bits per heavy atom. The van der Waals surface area contributed by atoms with Crippen LogP contribution in [-0.2, 0) is 9.47 Å². The molecule has 2 atom stereocenters. The van der Waals surface area contributed by atoms with Gasteiger partial charge in [0, 0.05) is 19.7 Å². The molecular formula is C9H19NO2. The largest absolute Gasteiger partial charge is 0.382 e. The van der Waals surface area contributed by atoms with Gasteiger partial charge < -0.3 is 14.8 Å². The molecule has 0 aromatic carbocycles. The number of hydrogen-bond donors (Lipinski definition) is 1. The second kappa shape index (κ2) is 5.51. The Morgan fingerprint density at radius 3 is 2.83 bits per heavy atom. The molecular weight excluding hydrogens is 154 g/mol. The van der Waals surface area contributed by atoms with Crippen molar-refractivity contribution in [3.63, 3.8) is 0 Å². The summed E-state index contributed by atoms with van der Waals surface area (Å²) in [5, 5.41) is 3.42. The highest BCUT2D eigenvalue weighted by molar-refractivity contribution is 4.80. The second-order valence-corrected chi connectivity index (χ2v) is 3.23. The minimum Gasteiger partial charge on any atom is -0.382 e. The Labute approximate surface area is 74.4 Å². The first kappa shape index (κ1) is 9.96. The van der Waals surface area contributed by atoms with E-state index in [0.29, 0.717) is 18.8 Å². The lowest BCUT2D eigenvalue weighted by Gasteiger charge is -2.09. The first-order valence-electron chi connectivity index (χ1n) is 4.70. The van der Waals surface area contributed by atoms with Gasteiger partial charge in [0.25, 0.3) is 0 Å². The van der Waals surface area contributed by atoms with E-state index in [0.717, 1.165) is 19.6 Å². The lowest BCUT2D eigenvalue weighted by atomic mass is 10.1. The Morgan fingerprint density at radius 2 is 2.25 bits per heavy atom. The standard InChI is InChI=1S/C9H19NO2/c1-3-8-6-9(7-10-8)12-5-4-11-2/h8-10H,3-7H2,1-2H3. The molecule has 0 radical (unpaired) electrons. The fraction of sp³-hybridized carbons (Fsp3) is 1.00. The maximum atomic E-state index is 5.59. The van der Waals surface area contributed by atoms with Crippen molar-refractivity contribution in [1.29, 1.82) is 0 Å². The van der Waals surface area contributed by atoms with Gasteiger partial charge in [0.1, 0.15) is 0 Å². The number of rotatable bonds is 5. The summed E-state index contributed by atoms with van der Waals surface area (Å²) in [6, 6.07) is 0.664. The van der Waals surface area contributed by atoms with Gasteiger partial charge in [0.15, 0.2) is 0 Å². The molecule has 0 spiro atoms. The monoisotopic (exact) mass is 173 g/mol. The number of ether oxygens (including phenoxy) is 2. The highest BCUT2D eigenvalue weighted by Crippen LogP contribution is 2.12. The molecule has 1 rings (SSSR count). The van der Waals surface area contributed by atoms with Crippen molar-refractivity contribution in [1.82, 2.24) is 5.32 Å². The van der Waals surface area contributed by atoms with E-state index < -0.39 is 0 Å². The zero-order valence-electron chi connectivity index (χ0n) is 8.01. The lowest BCUT2D eigenvalue weighted by molar-refractivity contribution is 0.0261. The second-order valence-electron chi connectivity index (χ2n) is 3.23. The van der Waals surface area contributed by atoms with Crippen molar-refractivity contribution in [3.05, 3.63) is 0 Å². The van der Waals surface area contributed by atoms with Crippen LogP contribution >= 0.6 is 0 Å². The molecule has 1 aliphatic rings. The van der Waals surface area contributed by atoms with Gasteiger partial charge in [-0.05, 0) is 12.8 Å². The fourth-order valence-corrected chi connectivity index (χ4v) is 1.52. The predicted octanol–water partition coefficient (Wildman–Crippen LogP) is 0.790. The van der Waals surface area contributed by atoms with Crippen LogP contribution in [0.25, 0.3) is 0 Å². The maximum Gasteiger partial charge on any atom is 0.0715 e. The average Bonchev–Trinajstić information content (AvgIpc) is 2.53. The Hall–Kier alpha value is -0.120. The van der Waals surface area contributed by atoms with Crippen LogP contribution in [0, 0.1) is 0 Å². The summed E-state index contributed by atoms with van der Waals surface area (Å²) in [5.41, 5.74) is 0. The highest BCUT2D eigenvalue weighted by atomic mass is 16.5. The number of hydrogen-bond acceptors (Lipinski definition) is 3. The van der Waals surface area contributed by atoms with Crippen molar-refractivity contribution >= 4 is 0 Å². The zero-order chi connectivity index (χ0) is 8.81. The van der Waals surface area contributed by atoms with Crippen LogP contribution in [0.4, 0.5) is 0 Å². The summed E-state index contributed by atoms with van der Waals surface area (Å²) < 4.78 is 10.5. The van der Waals surface area contributed by atoms with Crippen LogP contribution in [0.3, 0.4) is 0 Å². The molecule has 0 aromatic rings. The molecule has 12 heavy (non-hydrogen) atoms. The molecule has 0 bridgehead atoms. The van der Waals surface area contributed by atoms with Crippen molar-refractivity contribution < 1.29 is 9.47 Å². The first-order chi connectivity index (χ1) is 5.86. The van der Waals surface area contributed by atoms with Crippen LogP contribution in [0.1, 0.15) is 19.8 Å². The lowest BCUT2D eigenvalue weighted by Crippen LogP contribution is -2.21. The molecule has 2 unspecified atom stereocenters. The summed E-state index contributed by atoms with van der Waals surface area (Å²) >= 11 is 0. The van der Waals surface area contributed by atoms with Crippen LogP contribution in [0.5, 0.6) is 0 Å². The van der Waals surface area contributed by atoms with E-state index in [1.165, 1.54) is 6.42 Å². The van der Waals surface area contributed by atoms with E-state index in [1.807, 2.05) is 0 Å². The molecule has 0 aliphatic carbocycles. The summed E-state index contributed by atoms with van der Waals surface area (Å²) in [7, 11) is 1.70. The van der Waals surface area contributed by atoms with Crippen molar-refractivity contribution in [3.8, 4) is 0 Å². The van der Waals surface area contributed by atoms with Crippen LogP contribution in [-0.4, -0.2) is 39.0 Å². The van der Waals surface area contributed by atoms with Gasteiger partial charge in [-0.25, -0.2) is 0 Å². The van der Waals surface area contributed by atoms with Crippen molar-refractivity contribution in [2.75, 3.05) is 26.9 Å². The van der Waals surface area contributed by atoms with Crippen LogP contribution in [0.15, 0.2) is 0 Å². The molecule has 1 N–H and O–H groups in total. The van der Waals surface area contributed by atoms with E-state index in [2.05, 4.69) is 12.2 Å². The minimum absolute atomic E-state index is 0.407. The molecule has 3 nitrogen and oxygen atoms in total. The Bertz CT molecular complexity index is 119. The molecule has 1 aliphatic heterocycles. The van der Waals surface area contributed by atoms with E-state index >= 15 is 0 Å². The third kappa shape index (κ3) is 3.09. The van der Waals surface area contributed by atoms with Crippen LogP contribution < -0.4 is 5.32 Å². The van der Waals surface area contributed by atoms with Gasteiger partial charge >= 0.3 is 0 Å². The summed E-state index contributed by atoms with van der Waals surface area (Å²) in [6.07, 6.45) is 2.76. The van der Waals surface area contributed by atoms with Gasteiger partial charge in [-0.3, -0.25) is 0 Å². The molecule has 72 valence electrons. The molecule has 1 saturated heterocycles. The van der Waals surface area contributed by atoms with Gasteiger partial charge in [-0.15, -0.1) is 0 Å². The Balaban J connectivity index is 2.03. The summed E-state index contributed by atoms with van der Waals surface area (Å²) in [5.74, 6) is 0. The summed E-state index contributed by atoms with van der Waals surface area (Å²) in [6.45, 7) is 4.63. The molecule has 3 heteroatoms. The fourth-order valence-electron chi connectivity index (χ4n) is 1.52. The normalized spacial score (nSPS) is 29.5. The van der Waals surface area contributed by atoms with Gasteiger partial charge in [0.05, 0.1) is 19.3 Å². The quantitative estimate of drug-likeness (QED) is 0.623. The molecule has 1 heterocycles. The maximum absolute atomic E-state index is 5.59. The third-order valence-corrected chi connectivity index (χ3v) is 2.32. The first-order valence-corrected chi connectivity index (χ1v) is 4.70. The minimum atomic E-state index is 0.407. The molecule has 0 aromatic heterocycles. The summed E-state index contributed by atoms with van der Waals surface area (Å²) in [4.78, 5) is 0. The van der Waals surface area contributed by atoms with Crippen molar-refractivity contribution in [2.45, 2.75) is 31.9 Å². The van der Waals surface area contributed by atoms with Gasteiger partial charge in [-0.2, -0.15) is 0 Å². The molecule has 0 amide bonds. The van der Waals surface area contributed by atoms with E-state index in [-0.39, 0.29) is 0 Å². The van der Waals surface area contributed by atoms with E-state index in [1.54, 1.807) is 7.11 Å². The predicted molar refractivity (Wildman–Crippen MR) is 48.3 cm³/mol. The number of nitrogens with one attached hydrogen (secondary N) is 1. The topological polar surface area (TPSA) is 30.5 Å². The van der Waals surface area contributed by atoms with E-state index in [4.69, 9.17) is 9.47 Å². The third-order valence-electron chi connectivity index (χ3n) is 2.32. The van der Waals surface area contributed by atoms with Gasteiger partial charge in [0.2, 0.25) is 0 Å². The van der Waals surface area contributed by atoms with Crippen LogP contribution in [0.2, 0.25) is 0 Å². The molecule has 0 saturated carbocycles. The number of methoxy groups -OCH3 is 1. The molecule has 1 fully saturated rings. The van der Waals surface area contributed by atoms with E-state index in [9.17, 15) is 0 Å². The SMILES string of the molecule is CCC1CC(OCCOC)CN1. The average molecular weight is 173 g/mol. The van der Waals surface area contributed by atoms with Crippen molar-refractivity contribution in [2.24, 2.45) is 0 Å². The van der Waals surface area contributed by atoms with Gasteiger partial charge in [-0.1, -0.05) is 6.92 Å².